The molecule has 0 bridgehead atoms. The van der Waals surface area contributed by atoms with E-state index >= 15 is 0 Å². The first-order chi connectivity index (χ1) is 9.93. The van der Waals surface area contributed by atoms with Crippen LogP contribution in [-0.2, 0) is 4.79 Å². The number of hydrogen-bond acceptors (Lipinski definition) is 6. The van der Waals surface area contributed by atoms with Gasteiger partial charge in [-0.05, 0) is 17.4 Å². The molecule has 1 heterocycles. The Hall–Kier alpha value is -2.19. The smallest absolute Gasteiger partial charge is 0.266 e. The van der Waals surface area contributed by atoms with Crippen LogP contribution in [0.4, 0.5) is 5.69 Å². The van der Waals surface area contributed by atoms with Crippen molar-refractivity contribution in [3.05, 3.63) is 51.4 Å². The number of thiocarbonyl (C=S) groups is 1. The van der Waals surface area contributed by atoms with E-state index in [1.807, 2.05) is 0 Å². The first kappa shape index (κ1) is 15.2. The van der Waals surface area contributed by atoms with Crippen LogP contribution < -0.4 is 5.11 Å². The Morgan fingerprint density at radius 2 is 2.19 bits per heavy atom. The Balaban J connectivity index is 2.35. The third-order valence-corrected chi connectivity index (χ3v) is 4.04. The standard InChI is InChI=1S/C13H10N2O4S2/c1-2-5-14-12(17)11(21-13(14)20)7-8-3-4-10(16)9(6-8)15(18)19/h2-4,6-7,16H,1,5H2/p-1/b11-7-. The van der Waals surface area contributed by atoms with E-state index in [1.165, 1.54) is 17.0 Å². The van der Waals surface area contributed by atoms with Crippen LogP contribution >= 0.6 is 24.0 Å². The highest BCUT2D eigenvalue weighted by Crippen LogP contribution is 2.33. The number of rotatable bonds is 4. The van der Waals surface area contributed by atoms with Gasteiger partial charge in [-0.3, -0.25) is 19.8 Å². The maximum absolute atomic E-state index is 12.1. The molecule has 0 N–H and O–H groups in total. The van der Waals surface area contributed by atoms with E-state index in [1.54, 1.807) is 6.08 Å². The normalized spacial score (nSPS) is 16.6. The lowest BCUT2D eigenvalue weighted by Crippen LogP contribution is -2.27. The van der Waals surface area contributed by atoms with Crippen LogP contribution in [0, 0.1) is 10.1 Å². The van der Waals surface area contributed by atoms with E-state index in [9.17, 15) is 20.0 Å². The van der Waals surface area contributed by atoms with Gasteiger partial charge in [0.2, 0.25) is 0 Å². The molecule has 1 amide bonds. The summed E-state index contributed by atoms with van der Waals surface area (Å²) in [5, 5.41) is 22.1. The zero-order chi connectivity index (χ0) is 15.6. The molecule has 6 nitrogen and oxygen atoms in total. The van der Waals surface area contributed by atoms with Gasteiger partial charge in [-0.15, -0.1) is 6.58 Å². The minimum Gasteiger partial charge on any atom is -0.868 e. The molecule has 0 radical (unpaired) electrons. The first-order valence-corrected chi connectivity index (χ1v) is 6.98. The molecule has 1 aromatic rings. The van der Waals surface area contributed by atoms with E-state index in [4.69, 9.17) is 12.2 Å². The number of carbonyl (C=O) groups is 1. The molecule has 0 saturated carbocycles. The lowest BCUT2D eigenvalue weighted by molar-refractivity contribution is -0.398. The topological polar surface area (TPSA) is 86.5 Å². The van der Waals surface area contributed by atoms with Crippen molar-refractivity contribution in [1.82, 2.24) is 4.90 Å². The summed E-state index contributed by atoms with van der Waals surface area (Å²) >= 11 is 6.19. The molecule has 0 atom stereocenters. The summed E-state index contributed by atoms with van der Waals surface area (Å²) in [5.74, 6) is -0.949. The van der Waals surface area contributed by atoms with Crippen LogP contribution in [0.5, 0.6) is 5.75 Å². The fourth-order valence-corrected chi connectivity index (χ4v) is 2.98. The van der Waals surface area contributed by atoms with Gasteiger partial charge >= 0.3 is 0 Å². The predicted octanol–water partition coefficient (Wildman–Crippen LogP) is 2.06. The molecule has 21 heavy (non-hydrogen) atoms. The van der Waals surface area contributed by atoms with Crippen molar-refractivity contribution in [3.8, 4) is 5.75 Å². The van der Waals surface area contributed by atoms with Gasteiger partial charge in [-0.2, -0.15) is 0 Å². The highest BCUT2D eigenvalue weighted by atomic mass is 32.2. The Morgan fingerprint density at radius 3 is 2.81 bits per heavy atom. The molecule has 0 spiro atoms. The molecule has 8 heteroatoms. The summed E-state index contributed by atoms with van der Waals surface area (Å²) in [7, 11) is 0. The molecule has 108 valence electrons. The molecule has 0 aromatic heterocycles. The third-order valence-electron chi connectivity index (χ3n) is 2.66. The van der Waals surface area contributed by atoms with Gasteiger partial charge in [0.05, 0.1) is 9.83 Å². The number of nitrogens with zero attached hydrogens (tertiary/aromatic N) is 2. The number of carbonyl (C=O) groups excluding carboxylic acids is 1. The van der Waals surface area contributed by atoms with E-state index in [0.29, 0.717) is 21.3 Å². The summed E-state index contributed by atoms with van der Waals surface area (Å²) in [6.45, 7) is 3.86. The van der Waals surface area contributed by atoms with E-state index < -0.39 is 16.4 Å². The van der Waals surface area contributed by atoms with Crippen molar-refractivity contribution >= 4 is 46.0 Å². The third kappa shape index (κ3) is 3.11. The van der Waals surface area contributed by atoms with Gasteiger partial charge in [0, 0.05) is 12.6 Å². The Labute approximate surface area is 129 Å². The second kappa shape index (κ2) is 6.06. The zero-order valence-corrected chi connectivity index (χ0v) is 12.3. The van der Waals surface area contributed by atoms with E-state index in [0.717, 1.165) is 23.9 Å². The quantitative estimate of drug-likeness (QED) is 0.277. The summed E-state index contributed by atoms with van der Waals surface area (Å²) in [6, 6.07) is 3.67. The second-order valence-corrected chi connectivity index (χ2v) is 5.74. The van der Waals surface area contributed by atoms with Crippen LogP contribution in [0.1, 0.15) is 5.56 Å². The summed E-state index contributed by atoms with van der Waals surface area (Å²) in [5.41, 5.74) is -0.120. The van der Waals surface area contributed by atoms with Crippen molar-refractivity contribution in [2.24, 2.45) is 0 Å². The maximum Gasteiger partial charge on any atom is 0.266 e. The number of hydrogen-bond donors (Lipinski definition) is 0. The van der Waals surface area contributed by atoms with Gasteiger partial charge in [-0.1, -0.05) is 42.2 Å². The molecule has 0 unspecified atom stereocenters. The minimum absolute atomic E-state index is 0.279. The van der Waals surface area contributed by atoms with Crippen molar-refractivity contribution in [2.75, 3.05) is 6.54 Å². The monoisotopic (exact) mass is 321 g/mol. The lowest BCUT2D eigenvalue weighted by Gasteiger charge is -2.10. The van der Waals surface area contributed by atoms with Crippen molar-refractivity contribution < 1.29 is 14.8 Å². The lowest BCUT2D eigenvalue weighted by atomic mass is 10.1. The number of benzene rings is 1. The second-order valence-electron chi connectivity index (χ2n) is 4.07. The van der Waals surface area contributed by atoms with Crippen LogP contribution in [0.2, 0.25) is 0 Å². The van der Waals surface area contributed by atoms with E-state index in [2.05, 4.69) is 6.58 Å². The highest BCUT2D eigenvalue weighted by Gasteiger charge is 2.31. The SMILES string of the molecule is C=CCN1C(=O)/C(=C/c2ccc([O-])c([N+](=O)[O-])c2)SC1=S. The van der Waals surface area contributed by atoms with Crippen molar-refractivity contribution in [2.45, 2.75) is 0 Å². The number of thioether (sulfide) groups is 1. The molecule has 1 aromatic carbocycles. The van der Waals surface area contributed by atoms with Crippen molar-refractivity contribution in [1.29, 1.82) is 0 Å². The van der Waals surface area contributed by atoms with Gasteiger partial charge in [-0.25, -0.2) is 0 Å². The van der Waals surface area contributed by atoms with Crippen LogP contribution in [0.3, 0.4) is 0 Å². The van der Waals surface area contributed by atoms with Crippen LogP contribution in [-0.4, -0.2) is 26.6 Å². The summed E-state index contributed by atoms with van der Waals surface area (Å²) < 4.78 is 0.404. The molecule has 1 aliphatic rings. The highest BCUT2D eigenvalue weighted by molar-refractivity contribution is 8.26. The zero-order valence-electron chi connectivity index (χ0n) is 10.6. The maximum atomic E-state index is 12.1. The van der Waals surface area contributed by atoms with Crippen LogP contribution in [0.15, 0.2) is 35.8 Å². The van der Waals surface area contributed by atoms with Crippen LogP contribution in [0.25, 0.3) is 6.08 Å². The van der Waals surface area contributed by atoms with E-state index in [-0.39, 0.29) is 5.91 Å². The molecule has 0 aliphatic carbocycles. The predicted molar refractivity (Wildman–Crippen MR) is 82.6 cm³/mol. The largest absolute Gasteiger partial charge is 0.868 e. The fourth-order valence-electron chi connectivity index (χ4n) is 1.70. The number of amides is 1. The van der Waals surface area contributed by atoms with Crippen molar-refractivity contribution in [3.63, 3.8) is 0 Å². The van der Waals surface area contributed by atoms with Gasteiger partial charge < -0.3 is 5.11 Å². The Morgan fingerprint density at radius 1 is 1.48 bits per heavy atom. The average Bonchev–Trinajstić information content (AvgIpc) is 2.69. The van der Waals surface area contributed by atoms with Gasteiger partial charge in [0.1, 0.15) is 4.32 Å². The molecule has 1 aliphatic heterocycles. The first-order valence-electron chi connectivity index (χ1n) is 5.75. The molecule has 1 saturated heterocycles. The Bertz CT molecular complexity index is 685. The number of nitro benzene ring substituents is 1. The fraction of sp³-hybridized carbons (Fsp3) is 0.0769. The number of nitro groups is 1. The van der Waals surface area contributed by atoms with Gasteiger partial charge in [0.15, 0.2) is 0 Å². The van der Waals surface area contributed by atoms with Gasteiger partial charge in [0.25, 0.3) is 11.6 Å². The molecule has 2 rings (SSSR count). The Kier molecular flexibility index (Phi) is 4.39. The molecular weight excluding hydrogens is 312 g/mol. The summed E-state index contributed by atoms with van der Waals surface area (Å²) in [6.07, 6.45) is 3.04. The minimum atomic E-state index is -0.747. The molecular formula is C13H9N2O4S2-. The average molecular weight is 321 g/mol. The molecule has 1 fully saturated rings. The summed E-state index contributed by atoms with van der Waals surface area (Å²) in [4.78, 5) is 23.8.